The maximum atomic E-state index is 9.81. The highest BCUT2D eigenvalue weighted by Gasteiger charge is 2.30. The zero-order chi connectivity index (χ0) is 9.61. The molecule has 70 valence electrons. The molecule has 0 aromatic heterocycles. The first-order valence-corrected chi connectivity index (χ1v) is 4.44. The van der Waals surface area contributed by atoms with E-state index in [4.69, 9.17) is 6.42 Å². The number of aliphatic hydroxyl groups excluding tert-OH is 1. The molecule has 1 atom stereocenters. The Morgan fingerprint density at radius 3 is 2.25 bits per heavy atom. The van der Waals surface area contributed by atoms with Crippen LogP contribution in [0.4, 0.5) is 0 Å². The van der Waals surface area contributed by atoms with Gasteiger partial charge in [-0.25, -0.2) is 0 Å². The predicted octanol–water partition coefficient (Wildman–Crippen LogP) is 1.31. The summed E-state index contributed by atoms with van der Waals surface area (Å²) in [5.41, 5.74) is -0.948. The number of hydrogen-bond acceptors (Lipinski definition) is 2. The van der Waals surface area contributed by atoms with Crippen LogP contribution < -0.4 is 0 Å². The smallest absolute Gasteiger partial charge is 0.0900 e. The molecule has 12 heavy (non-hydrogen) atoms. The van der Waals surface area contributed by atoms with Crippen molar-refractivity contribution in [1.29, 1.82) is 0 Å². The molecule has 0 radical (unpaired) electrons. The van der Waals surface area contributed by atoms with Crippen molar-refractivity contribution in [3.05, 3.63) is 0 Å². The lowest BCUT2D eigenvalue weighted by atomic mass is 9.88. The van der Waals surface area contributed by atoms with E-state index in [0.29, 0.717) is 25.7 Å². The van der Waals surface area contributed by atoms with Crippen LogP contribution in [-0.4, -0.2) is 21.9 Å². The van der Waals surface area contributed by atoms with Crippen molar-refractivity contribution in [2.24, 2.45) is 0 Å². The fourth-order valence-corrected chi connectivity index (χ4v) is 1.21. The largest absolute Gasteiger partial charge is 0.390 e. The lowest BCUT2D eigenvalue weighted by Crippen LogP contribution is -2.40. The SMILES string of the molecule is C#CCCC(O)C(O)(CC)CC. The van der Waals surface area contributed by atoms with Gasteiger partial charge in [0.15, 0.2) is 0 Å². The van der Waals surface area contributed by atoms with Gasteiger partial charge in [0.1, 0.15) is 0 Å². The van der Waals surface area contributed by atoms with Gasteiger partial charge in [0, 0.05) is 6.42 Å². The highest BCUT2D eigenvalue weighted by atomic mass is 16.3. The first-order chi connectivity index (χ1) is 5.60. The lowest BCUT2D eigenvalue weighted by Gasteiger charge is -2.30. The third kappa shape index (κ3) is 2.84. The molecule has 0 aliphatic carbocycles. The summed E-state index contributed by atoms with van der Waals surface area (Å²) in [7, 11) is 0. The Morgan fingerprint density at radius 2 is 1.92 bits per heavy atom. The van der Waals surface area contributed by atoms with Crippen LogP contribution in [0.15, 0.2) is 0 Å². The van der Waals surface area contributed by atoms with Gasteiger partial charge < -0.3 is 10.2 Å². The Balaban J connectivity index is 4.04. The van der Waals surface area contributed by atoms with Crippen molar-refractivity contribution in [3.63, 3.8) is 0 Å². The fraction of sp³-hybridized carbons (Fsp3) is 0.800. The average molecular weight is 170 g/mol. The molecule has 0 aliphatic rings. The Bertz CT molecular complexity index is 154. The van der Waals surface area contributed by atoms with Crippen LogP contribution >= 0.6 is 0 Å². The van der Waals surface area contributed by atoms with Crippen molar-refractivity contribution in [1.82, 2.24) is 0 Å². The molecule has 1 unspecified atom stereocenters. The van der Waals surface area contributed by atoms with E-state index < -0.39 is 11.7 Å². The monoisotopic (exact) mass is 170 g/mol. The van der Waals surface area contributed by atoms with Crippen LogP contribution in [-0.2, 0) is 0 Å². The van der Waals surface area contributed by atoms with Gasteiger partial charge in [0.25, 0.3) is 0 Å². The van der Waals surface area contributed by atoms with Gasteiger partial charge >= 0.3 is 0 Å². The second-order valence-corrected chi connectivity index (χ2v) is 3.07. The molecule has 0 rings (SSSR count). The topological polar surface area (TPSA) is 40.5 Å². The van der Waals surface area contributed by atoms with E-state index in [1.165, 1.54) is 0 Å². The zero-order valence-corrected chi connectivity index (χ0v) is 7.88. The van der Waals surface area contributed by atoms with Crippen molar-refractivity contribution < 1.29 is 10.2 Å². The molecule has 2 nitrogen and oxygen atoms in total. The quantitative estimate of drug-likeness (QED) is 0.611. The first kappa shape index (κ1) is 11.5. The van der Waals surface area contributed by atoms with Crippen molar-refractivity contribution in [2.75, 3.05) is 0 Å². The molecule has 0 amide bonds. The molecule has 0 aliphatic heterocycles. The molecule has 2 heteroatoms. The minimum absolute atomic E-state index is 0.481. The van der Waals surface area contributed by atoms with Gasteiger partial charge in [-0.05, 0) is 19.3 Å². The molecule has 0 saturated carbocycles. The Hall–Kier alpha value is -0.520. The molecular formula is C10H18O2. The molecule has 0 heterocycles. The minimum Gasteiger partial charge on any atom is -0.390 e. The number of rotatable bonds is 5. The summed E-state index contributed by atoms with van der Waals surface area (Å²) in [4.78, 5) is 0. The van der Waals surface area contributed by atoms with Crippen molar-refractivity contribution in [2.45, 2.75) is 51.2 Å². The Morgan fingerprint density at radius 1 is 1.42 bits per heavy atom. The van der Waals surface area contributed by atoms with E-state index in [1.807, 2.05) is 13.8 Å². The fourth-order valence-electron chi connectivity index (χ4n) is 1.21. The number of hydrogen-bond donors (Lipinski definition) is 2. The highest BCUT2D eigenvalue weighted by molar-refractivity contribution is 4.90. The number of terminal acetylenes is 1. The van der Waals surface area contributed by atoms with Crippen LogP contribution in [0.2, 0.25) is 0 Å². The molecular weight excluding hydrogens is 152 g/mol. The summed E-state index contributed by atoms with van der Waals surface area (Å²) in [6, 6.07) is 0. The van der Waals surface area contributed by atoms with Crippen LogP contribution in [0.1, 0.15) is 39.5 Å². The van der Waals surface area contributed by atoms with E-state index in [9.17, 15) is 10.2 Å². The van der Waals surface area contributed by atoms with Gasteiger partial charge in [0.05, 0.1) is 11.7 Å². The minimum atomic E-state index is -0.948. The van der Waals surface area contributed by atoms with Crippen molar-refractivity contribution >= 4 is 0 Å². The number of aliphatic hydroxyl groups is 2. The molecule has 0 aromatic carbocycles. The molecule has 0 aromatic rings. The van der Waals surface area contributed by atoms with Gasteiger partial charge in [-0.15, -0.1) is 12.3 Å². The van der Waals surface area contributed by atoms with E-state index in [1.54, 1.807) is 0 Å². The van der Waals surface area contributed by atoms with Crippen LogP contribution in [0.5, 0.6) is 0 Å². The molecule has 2 N–H and O–H groups in total. The highest BCUT2D eigenvalue weighted by Crippen LogP contribution is 2.22. The maximum Gasteiger partial charge on any atom is 0.0900 e. The zero-order valence-electron chi connectivity index (χ0n) is 7.88. The summed E-state index contributed by atoms with van der Waals surface area (Å²) in [6.07, 6.45) is 6.50. The normalized spacial score (nSPS) is 13.9. The molecule has 0 saturated heterocycles. The van der Waals surface area contributed by atoms with Gasteiger partial charge in [-0.3, -0.25) is 0 Å². The Labute approximate surface area is 74.6 Å². The van der Waals surface area contributed by atoms with Crippen LogP contribution in [0.25, 0.3) is 0 Å². The standard InChI is InChI=1S/C10H18O2/c1-4-7-8-9(11)10(12,5-2)6-3/h1,9,11-12H,5-8H2,2-3H3. The van der Waals surface area contributed by atoms with Gasteiger partial charge in [-0.1, -0.05) is 13.8 Å². The second kappa shape index (κ2) is 5.18. The summed E-state index contributed by atoms with van der Waals surface area (Å²) < 4.78 is 0. The summed E-state index contributed by atoms with van der Waals surface area (Å²) >= 11 is 0. The molecule has 0 spiro atoms. The van der Waals surface area contributed by atoms with E-state index >= 15 is 0 Å². The first-order valence-electron chi connectivity index (χ1n) is 4.44. The molecule has 0 bridgehead atoms. The maximum absolute atomic E-state index is 9.81. The van der Waals surface area contributed by atoms with E-state index in [0.717, 1.165) is 0 Å². The van der Waals surface area contributed by atoms with Gasteiger partial charge in [-0.2, -0.15) is 0 Å². The Kier molecular flexibility index (Phi) is 4.96. The average Bonchev–Trinajstić information content (AvgIpc) is 2.12. The summed E-state index contributed by atoms with van der Waals surface area (Å²) in [5, 5.41) is 19.4. The summed E-state index contributed by atoms with van der Waals surface area (Å²) in [6.45, 7) is 3.73. The van der Waals surface area contributed by atoms with Gasteiger partial charge in [0.2, 0.25) is 0 Å². The third-order valence-corrected chi connectivity index (χ3v) is 2.41. The lowest BCUT2D eigenvalue weighted by molar-refractivity contribution is -0.0820. The van der Waals surface area contributed by atoms with Crippen LogP contribution in [0.3, 0.4) is 0 Å². The van der Waals surface area contributed by atoms with E-state index in [-0.39, 0.29) is 0 Å². The summed E-state index contributed by atoms with van der Waals surface area (Å²) in [5.74, 6) is 2.45. The molecule has 0 fully saturated rings. The third-order valence-electron chi connectivity index (χ3n) is 2.41. The van der Waals surface area contributed by atoms with Crippen LogP contribution in [0, 0.1) is 12.3 Å². The van der Waals surface area contributed by atoms with Crippen molar-refractivity contribution in [3.8, 4) is 12.3 Å². The predicted molar refractivity (Wildman–Crippen MR) is 49.6 cm³/mol. The second-order valence-electron chi connectivity index (χ2n) is 3.07. The van der Waals surface area contributed by atoms with E-state index in [2.05, 4.69) is 5.92 Å².